The van der Waals surface area contributed by atoms with Crippen LogP contribution in [0.1, 0.15) is 0 Å². The third-order valence-corrected chi connectivity index (χ3v) is 13.6. The Morgan fingerprint density at radius 1 is 0.390 bits per heavy atom. The van der Waals surface area contributed by atoms with Crippen molar-refractivity contribution in [1.82, 2.24) is 9.13 Å². The number of rotatable bonds is 4. The molecule has 5 heteroatoms. The highest BCUT2D eigenvalue weighted by molar-refractivity contribution is 8.00. The fourth-order valence-electron chi connectivity index (χ4n) is 9.95. The summed E-state index contributed by atoms with van der Waals surface area (Å²) in [5, 5.41) is 4.92. The van der Waals surface area contributed by atoms with Gasteiger partial charge in [-0.3, -0.25) is 0 Å². The Morgan fingerprint density at radius 2 is 1.00 bits per heavy atom. The summed E-state index contributed by atoms with van der Waals surface area (Å²) in [5.74, 6) is 1.81. The van der Waals surface area contributed by atoms with E-state index in [0.717, 1.165) is 28.4 Å². The molecule has 2 aliphatic rings. The molecule has 0 aliphatic carbocycles. The molecule has 0 radical (unpaired) electrons. The highest BCUT2D eigenvalue weighted by Gasteiger charge is 2.40. The highest BCUT2D eigenvalue weighted by Crippen LogP contribution is 2.45. The second-order valence-electron chi connectivity index (χ2n) is 15.6. The summed E-state index contributed by atoms with van der Waals surface area (Å²) < 4.78 is 12.2. The molecule has 0 fully saturated rings. The summed E-state index contributed by atoms with van der Waals surface area (Å²) in [6.07, 6.45) is 0. The molecule has 9 aromatic carbocycles. The van der Waals surface area contributed by atoms with Crippen molar-refractivity contribution in [3.05, 3.63) is 200 Å². The van der Waals surface area contributed by atoms with Gasteiger partial charge in [-0.2, -0.15) is 0 Å². The van der Waals surface area contributed by atoms with Crippen LogP contribution in [0.3, 0.4) is 0 Å². The Bertz CT molecular complexity index is 3400. The maximum atomic E-state index is 7.29. The summed E-state index contributed by atoms with van der Waals surface area (Å²) in [7, 11) is 0. The van der Waals surface area contributed by atoms with Gasteiger partial charge in [-0.25, -0.2) is 0 Å². The van der Waals surface area contributed by atoms with Crippen LogP contribution in [0.4, 0.5) is 0 Å². The maximum Gasteiger partial charge on any atom is 0.253 e. The lowest BCUT2D eigenvalue weighted by Crippen LogP contribution is -2.57. The van der Waals surface area contributed by atoms with Gasteiger partial charge in [-0.15, -0.1) is 0 Å². The normalized spacial score (nSPS) is 12.8. The molecule has 0 N–H and O–H groups in total. The zero-order valence-corrected chi connectivity index (χ0v) is 32.7. The van der Waals surface area contributed by atoms with E-state index in [0.29, 0.717) is 0 Å². The van der Waals surface area contributed by atoms with E-state index in [-0.39, 0.29) is 6.71 Å². The van der Waals surface area contributed by atoms with Crippen molar-refractivity contribution in [2.45, 2.75) is 9.79 Å². The average molecular weight is 769 g/mol. The molecule has 0 unspecified atom stereocenters. The number of nitrogens with zero attached hydrogens (tertiary/aromatic N) is 2. The minimum Gasteiger partial charge on any atom is -0.458 e. The van der Waals surface area contributed by atoms with E-state index in [2.05, 4.69) is 209 Å². The first-order valence-electron chi connectivity index (χ1n) is 20.2. The molecular formula is C54H33BN2OS. The monoisotopic (exact) mass is 768 g/mol. The fraction of sp³-hybridized carbons (Fsp3) is 0. The molecule has 0 bridgehead atoms. The van der Waals surface area contributed by atoms with E-state index < -0.39 is 0 Å². The Labute approximate surface area is 345 Å². The molecule has 0 saturated heterocycles. The van der Waals surface area contributed by atoms with Gasteiger partial charge >= 0.3 is 0 Å². The van der Waals surface area contributed by atoms with Crippen LogP contribution in [0.15, 0.2) is 210 Å². The first-order valence-corrected chi connectivity index (χ1v) is 21.0. The third-order valence-electron chi connectivity index (χ3n) is 12.4. The number of benzene rings is 9. The molecule has 0 spiro atoms. The number of aromatic nitrogens is 2. The van der Waals surface area contributed by atoms with E-state index in [1.54, 1.807) is 0 Å². The second kappa shape index (κ2) is 12.6. The molecule has 2 aliphatic heterocycles. The summed E-state index contributed by atoms with van der Waals surface area (Å²) in [4.78, 5) is 2.51. The number of fused-ring (bicyclic) bond motifs is 10. The third kappa shape index (κ3) is 4.80. The topological polar surface area (TPSA) is 19.1 Å². The van der Waals surface area contributed by atoms with Gasteiger partial charge in [-0.1, -0.05) is 175 Å². The molecule has 3 nitrogen and oxygen atoms in total. The summed E-state index contributed by atoms with van der Waals surface area (Å²) in [5.41, 5.74) is 15.5. The van der Waals surface area contributed by atoms with Crippen LogP contribution in [0.25, 0.3) is 77.2 Å². The Kier molecular flexibility index (Phi) is 7.04. The van der Waals surface area contributed by atoms with Gasteiger partial charge in [0.15, 0.2) is 0 Å². The molecule has 11 aromatic rings. The molecular weight excluding hydrogens is 735 g/mol. The smallest absolute Gasteiger partial charge is 0.253 e. The molecule has 59 heavy (non-hydrogen) atoms. The predicted molar refractivity (Wildman–Crippen MR) is 248 cm³/mol. The van der Waals surface area contributed by atoms with Gasteiger partial charge < -0.3 is 13.9 Å². The van der Waals surface area contributed by atoms with Crippen molar-refractivity contribution in [2.24, 2.45) is 0 Å². The lowest BCUT2D eigenvalue weighted by Gasteiger charge is -2.33. The molecule has 274 valence electrons. The molecule has 0 saturated carbocycles. The molecule has 4 heterocycles. The molecule has 0 amide bonds. The van der Waals surface area contributed by atoms with Crippen molar-refractivity contribution < 1.29 is 4.74 Å². The number of hydrogen-bond acceptors (Lipinski definition) is 2. The number of para-hydroxylation sites is 4. The second-order valence-corrected chi connectivity index (χ2v) is 16.7. The van der Waals surface area contributed by atoms with Crippen LogP contribution < -0.4 is 21.1 Å². The van der Waals surface area contributed by atoms with E-state index in [9.17, 15) is 0 Å². The highest BCUT2D eigenvalue weighted by atomic mass is 32.2. The fourth-order valence-corrected chi connectivity index (χ4v) is 11.1. The minimum absolute atomic E-state index is 0.0244. The average Bonchev–Trinajstić information content (AvgIpc) is 3.81. The van der Waals surface area contributed by atoms with Gasteiger partial charge in [0.2, 0.25) is 0 Å². The number of hydrogen-bond donors (Lipinski definition) is 0. The van der Waals surface area contributed by atoms with Crippen LogP contribution in [0.5, 0.6) is 11.5 Å². The van der Waals surface area contributed by atoms with Gasteiger partial charge in [-0.05, 0) is 52.4 Å². The van der Waals surface area contributed by atoms with Crippen LogP contribution >= 0.6 is 11.8 Å². The summed E-state index contributed by atoms with van der Waals surface area (Å²) in [6, 6.07) is 72.9. The molecule has 0 atom stereocenters. The van der Waals surface area contributed by atoms with Crippen molar-refractivity contribution >= 4 is 78.5 Å². The predicted octanol–water partition coefficient (Wildman–Crippen LogP) is 12.3. The summed E-state index contributed by atoms with van der Waals surface area (Å²) in [6.45, 7) is 0.0244. The van der Waals surface area contributed by atoms with Crippen LogP contribution in [-0.2, 0) is 0 Å². The first kappa shape index (κ1) is 32.8. The van der Waals surface area contributed by atoms with Crippen molar-refractivity contribution in [3.63, 3.8) is 0 Å². The number of ether oxygens (including phenoxy) is 1. The van der Waals surface area contributed by atoms with E-state index in [1.165, 1.54) is 86.5 Å². The Hall–Kier alpha value is -7.21. The quantitative estimate of drug-likeness (QED) is 0.166. The minimum atomic E-state index is 0.0244. The maximum absolute atomic E-state index is 7.29. The zero-order chi connectivity index (χ0) is 38.6. The van der Waals surface area contributed by atoms with E-state index >= 15 is 0 Å². The van der Waals surface area contributed by atoms with Gasteiger partial charge in [0.05, 0.1) is 27.8 Å². The SMILES string of the molecule is c1ccc(-c2cccc3c4cccc(-c5ccccc5)c4n(-c4cc5c6c(c4)Sc4ccccc4B6c4cc6c7ccccc7n(-c7ccccc7)c6cc4O5)c23)cc1. The Balaban J connectivity index is 1.12. The van der Waals surface area contributed by atoms with Gasteiger partial charge in [0, 0.05) is 60.3 Å². The standard InChI is InChI=1S/C54H33BN2OS/c1-4-16-34(17-5-1)38-23-14-25-41-42-26-15-24-39(35-18-6-2-7-19-35)54(42)57(53(38)41)37-30-49-52-51(31-37)59-50-29-13-11-27-44(50)55(52)45-32-43-40-22-10-12-28-46(40)56(36-20-8-3-9-21-36)47(43)33-48(45)58-49/h1-33H. The van der Waals surface area contributed by atoms with Crippen LogP contribution in [0, 0.1) is 0 Å². The van der Waals surface area contributed by atoms with Crippen LogP contribution in [-0.4, -0.2) is 15.8 Å². The van der Waals surface area contributed by atoms with Crippen molar-refractivity contribution in [1.29, 1.82) is 0 Å². The van der Waals surface area contributed by atoms with E-state index in [4.69, 9.17) is 4.74 Å². The zero-order valence-electron chi connectivity index (χ0n) is 31.8. The molecule has 2 aromatic heterocycles. The van der Waals surface area contributed by atoms with Gasteiger partial charge in [0.25, 0.3) is 6.71 Å². The van der Waals surface area contributed by atoms with E-state index in [1.807, 2.05) is 11.8 Å². The lowest BCUT2D eigenvalue weighted by atomic mass is 9.35. The van der Waals surface area contributed by atoms with Crippen molar-refractivity contribution in [2.75, 3.05) is 0 Å². The van der Waals surface area contributed by atoms with Gasteiger partial charge in [0.1, 0.15) is 11.5 Å². The first-order chi connectivity index (χ1) is 29.3. The van der Waals surface area contributed by atoms with Crippen LogP contribution in [0.2, 0.25) is 0 Å². The Morgan fingerprint density at radius 3 is 1.71 bits per heavy atom. The lowest BCUT2D eigenvalue weighted by molar-refractivity contribution is 0.486. The summed E-state index contributed by atoms with van der Waals surface area (Å²) >= 11 is 1.86. The largest absolute Gasteiger partial charge is 0.458 e. The van der Waals surface area contributed by atoms with Crippen molar-refractivity contribution in [3.8, 4) is 45.1 Å². The molecule has 13 rings (SSSR count).